The second kappa shape index (κ2) is 5.54. The maximum Gasteiger partial charge on any atom is 0.259 e. The smallest absolute Gasteiger partial charge is 0.259 e. The highest BCUT2D eigenvalue weighted by Gasteiger charge is 2.11. The number of rotatable bonds is 3. The topological polar surface area (TPSA) is 71.8 Å². The molecule has 3 aromatic rings. The van der Waals surface area contributed by atoms with Crippen LogP contribution in [0.25, 0.3) is 10.2 Å². The number of aryl methyl sites for hydroxylation is 2. The summed E-state index contributed by atoms with van der Waals surface area (Å²) < 4.78 is 0. The monoisotopic (exact) mass is 317 g/mol. The number of H-pyrrole nitrogens is 1. The number of anilines is 1. The zero-order valence-corrected chi connectivity index (χ0v) is 13.4. The lowest BCUT2D eigenvalue weighted by Crippen LogP contribution is -2.10. The number of hydrogen-bond donors (Lipinski definition) is 2. The molecule has 3 N–H and O–H groups in total. The van der Waals surface area contributed by atoms with Gasteiger partial charge >= 0.3 is 0 Å². The van der Waals surface area contributed by atoms with Crippen molar-refractivity contribution < 1.29 is 0 Å². The van der Waals surface area contributed by atoms with Crippen LogP contribution in [0.5, 0.6) is 0 Å². The highest BCUT2D eigenvalue weighted by atomic mass is 32.2. The fraction of sp³-hybridized carbons (Fsp3) is 0.200. The first-order valence-electron chi connectivity index (χ1n) is 6.52. The number of fused-ring (bicyclic) bond motifs is 1. The lowest BCUT2D eigenvalue weighted by atomic mass is 10.2. The molecule has 3 rings (SSSR count). The first-order chi connectivity index (χ1) is 10.0. The summed E-state index contributed by atoms with van der Waals surface area (Å²) in [5.74, 6) is 1.31. The fourth-order valence-corrected chi connectivity index (χ4v) is 4.01. The third-order valence-electron chi connectivity index (χ3n) is 3.32. The molecule has 0 aliphatic rings. The number of aromatic amines is 1. The number of nitrogens with one attached hydrogen (secondary N) is 1. The van der Waals surface area contributed by atoms with Crippen LogP contribution in [0, 0.1) is 13.8 Å². The average molecular weight is 317 g/mol. The Morgan fingerprint density at radius 3 is 2.95 bits per heavy atom. The molecule has 0 radical (unpaired) electrons. The van der Waals surface area contributed by atoms with Crippen molar-refractivity contribution in [1.29, 1.82) is 0 Å². The summed E-state index contributed by atoms with van der Waals surface area (Å²) in [6.07, 6.45) is 0. The molecule has 0 atom stereocenters. The summed E-state index contributed by atoms with van der Waals surface area (Å²) >= 11 is 3.18. The Hall–Kier alpha value is -1.79. The highest BCUT2D eigenvalue weighted by Crippen LogP contribution is 2.27. The number of hydrogen-bond acceptors (Lipinski definition) is 5. The number of thiophene rings is 1. The molecule has 0 saturated carbocycles. The van der Waals surface area contributed by atoms with Crippen LogP contribution in [-0.4, -0.2) is 9.97 Å². The van der Waals surface area contributed by atoms with Crippen molar-refractivity contribution in [3.8, 4) is 0 Å². The third-order valence-corrected chi connectivity index (χ3v) is 5.43. The van der Waals surface area contributed by atoms with Gasteiger partial charge in [0.15, 0.2) is 0 Å². The molecule has 0 aliphatic carbocycles. The Balaban J connectivity index is 1.90. The Labute approximate surface area is 130 Å². The van der Waals surface area contributed by atoms with Crippen LogP contribution in [0.15, 0.2) is 34.0 Å². The highest BCUT2D eigenvalue weighted by molar-refractivity contribution is 7.98. The van der Waals surface area contributed by atoms with Crippen molar-refractivity contribution in [1.82, 2.24) is 9.97 Å². The summed E-state index contributed by atoms with van der Waals surface area (Å²) in [4.78, 5) is 22.6. The number of thioether (sulfide) groups is 1. The minimum absolute atomic E-state index is 0.0509. The molecule has 0 unspecified atom stereocenters. The van der Waals surface area contributed by atoms with Gasteiger partial charge in [-0.1, -0.05) is 6.07 Å². The van der Waals surface area contributed by atoms with Gasteiger partial charge in [0.25, 0.3) is 5.56 Å². The van der Waals surface area contributed by atoms with Gasteiger partial charge in [-0.25, -0.2) is 4.98 Å². The van der Waals surface area contributed by atoms with Crippen LogP contribution >= 0.6 is 23.1 Å². The zero-order chi connectivity index (χ0) is 15.0. The minimum atomic E-state index is -0.0509. The Morgan fingerprint density at radius 2 is 2.19 bits per heavy atom. The van der Waals surface area contributed by atoms with Crippen LogP contribution < -0.4 is 11.3 Å². The molecule has 2 aromatic heterocycles. The van der Waals surface area contributed by atoms with E-state index in [0.717, 1.165) is 31.2 Å². The van der Waals surface area contributed by atoms with Gasteiger partial charge in [-0.05, 0) is 37.6 Å². The molecule has 6 heteroatoms. The van der Waals surface area contributed by atoms with Crippen molar-refractivity contribution in [2.45, 2.75) is 24.5 Å². The molecule has 21 heavy (non-hydrogen) atoms. The maximum absolute atomic E-state index is 12.2. The summed E-state index contributed by atoms with van der Waals surface area (Å²) in [7, 11) is 0. The predicted octanol–water partition coefficient (Wildman–Crippen LogP) is 3.48. The van der Waals surface area contributed by atoms with Crippen LogP contribution in [0.4, 0.5) is 5.69 Å². The van der Waals surface area contributed by atoms with Crippen molar-refractivity contribution in [3.63, 3.8) is 0 Å². The van der Waals surface area contributed by atoms with Gasteiger partial charge in [-0.3, -0.25) is 4.79 Å². The largest absolute Gasteiger partial charge is 0.399 e. The molecule has 0 spiro atoms. The minimum Gasteiger partial charge on any atom is -0.399 e. The van der Waals surface area contributed by atoms with Gasteiger partial charge in [-0.15, -0.1) is 23.1 Å². The zero-order valence-electron chi connectivity index (χ0n) is 11.8. The second-order valence-electron chi connectivity index (χ2n) is 4.84. The molecular weight excluding hydrogens is 302 g/mol. The Bertz CT molecular complexity index is 867. The lowest BCUT2D eigenvalue weighted by molar-refractivity contribution is 1.04. The molecule has 0 fully saturated rings. The van der Waals surface area contributed by atoms with Crippen LogP contribution in [-0.2, 0) is 5.75 Å². The van der Waals surface area contributed by atoms with Gasteiger partial charge in [0, 0.05) is 15.5 Å². The normalized spacial score (nSPS) is 11.1. The van der Waals surface area contributed by atoms with E-state index < -0.39 is 0 Å². The molecule has 0 bridgehead atoms. The summed E-state index contributed by atoms with van der Waals surface area (Å²) in [6, 6.07) is 7.69. The Morgan fingerprint density at radius 1 is 1.38 bits per heavy atom. The van der Waals surface area contributed by atoms with E-state index in [1.54, 1.807) is 23.1 Å². The number of nitrogen functional groups attached to an aromatic ring is 1. The Kier molecular flexibility index (Phi) is 3.73. The number of aromatic nitrogens is 2. The van der Waals surface area contributed by atoms with Crippen LogP contribution in [0.3, 0.4) is 0 Å². The van der Waals surface area contributed by atoms with E-state index in [-0.39, 0.29) is 5.56 Å². The quantitative estimate of drug-likeness (QED) is 0.573. The number of benzene rings is 1. The third kappa shape index (κ3) is 2.82. The molecule has 108 valence electrons. The van der Waals surface area contributed by atoms with E-state index in [1.807, 2.05) is 38.1 Å². The van der Waals surface area contributed by atoms with E-state index in [0.29, 0.717) is 11.6 Å². The summed E-state index contributed by atoms with van der Waals surface area (Å²) in [6.45, 7) is 3.98. The molecule has 4 nitrogen and oxygen atoms in total. The number of nitrogens with two attached hydrogens (primary N) is 1. The van der Waals surface area contributed by atoms with E-state index in [9.17, 15) is 4.79 Å². The lowest BCUT2D eigenvalue weighted by Gasteiger charge is -2.03. The first-order valence-corrected chi connectivity index (χ1v) is 8.32. The van der Waals surface area contributed by atoms with Gasteiger partial charge < -0.3 is 10.7 Å². The van der Waals surface area contributed by atoms with E-state index >= 15 is 0 Å². The summed E-state index contributed by atoms with van der Waals surface area (Å²) in [5, 5.41) is 0.718. The van der Waals surface area contributed by atoms with Gasteiger partial charge in [0.05, 0.1) is 11.1 Å². The van der Waals surface area contributed by atoms with E-state index in [1.165, 1.54) is 0 Å². The number of nitrogens with zero attached hydrogens (tertiary/aromatic N) is 1. The van der Waals surface area contributed by atoms with Crippen molar-refractivity contribution in [3.05, 3.63) is 50.9 Å². The second-order valence-corrected chi connectivity index (χ2v) is 7.09. The fourth-order valence-electron chi connectivity index (χ4n) is 2.12. The van der Waals surface area contributed by atoms with Crippen LogP contribution in [0.2, 0.25) is 0 Å². The van der Waals surface area contributed by atoms with E-state index in [2.05, 4.69) is 9.97 Å². The van der Waals surface area contributed by atoms with E-state index in [4.69, 9.17) is 5.73 Å². The van der Waals surface area contributed by atoms with Crippen molar-refractivity contribution in [2.24, 2.45) is 0 Å². The molecule has 0 amide bonds. The van der Waals surface area contributed by atoms with Crippen LogP contribution in [0.1, 0.15) is 16.3 Å². The average Bonchev–Trinajstić information content (AvgIpc) is 2.72. The molecule has 0 saturated heterocycles. The predicted molar refractivity (Wildman–Crippen MR) is 90.1 cm³/mol. The molecular formula is C15H15N3OS2. The summed E-state index contributed by atoms with van der Waals surface area (Å²) in [5.41, 5.74) is 7.47. The van der Waals surface area contributed by atoms with Gasteiger partial charge in [-0.2, -0.15) is 0 Å². The molecule has 2 heterocycles. The maximum atomic E-state index is 12.2. The van der Waals surface area contributed by atoms with Gasteiger partial charge in [0.1, 0.15) is 10.7 Å². The SMILES string of the molecule is Cc1sc2nc(CSc3cccc(N)c3)[nH]c(=O)c2c1C. The first kappa shape index (κ1) is 14.2. The standard InChI is InChI=1S/C15H15N3OS2/c1-8-9(2)21-15-13(8)14(19)17-12(18-15)7-20-11-5-3-4-10(16)6-11/h3-6H,7,16H2,1-2H3,(H,17,18,19). The van der Waals surface area contributed by atoms with Gasteiger partial charge in [0.2, 0.25) is 0 Å². The van der Waals surface area contributed by atoms with Crippen molar-refractivity contribution in [2.75, 3.05) is 5.73 Å². The molecule has 0 aliphatic heterocycles. The van der Waals surface area contributed by atoms with Crippen molar-refractivity contribution >= 4 is 39.0 Å². The molecule has 1 aromatic carbocycles.